The highest BCUT2D eigenvalue weighted by molar-refractivity contribution is 9.10. The van der Waals surface area contributed by atoms with E-state index in [0.29, 0.717) is 17.8 Å². The van der Waals surface area contributed by atoms with Crippen molar-refractivity contribution in [2.75, 3.05) is 4.90 Å². The minimum atomic E-state index is -0.379. The molecule has 0 saturated carbocycles. The monoisotopic (exact) mass is 439 g/mol. The average molecular weight is 440 g/mol. The average Bonchev–Trinajstić information content (AvgIpc) is 3.07. The summed E-state index contributed by atoms with van der Waals surface area (Å²) < 4.78 is 0.949. The molecule has 0 saturated heterocycles. The largest absolute Gasteiger partial charge is 0.384 e. The third kappa shape index (κ3) is 3.01. The Balaban J connectivity index is 1.97. The van der Waals surface area contributed by atoms with Crippen LogP contribution < -0.4 is 10.6 Å². The van der Waals surface area contributed by atoms with Crippen LogP contribution in [0, 0.1) is 18.3 Å². The van der Waals surface area contributed by atoms with Gasteiger partial charge in [-0.1, -0.05) is 12.1 Å². The van der Waals surface area contributed by atoms with Gasteiger partial charge >= 0.3 is 0 Å². The molecule has 1 aliphatic heterocycles. The summed E-state index contributed by atoms with van der Waals surface area (Å²) in [7, 11) is 0. The number of carbonyl (C=O) groups is 1. The molecule has 0 fully saturated rings. The second kappa shape index (κ2) is 6.99. The summed E-state index contributed by atoms with van der Waals surface area (Å²) >= 11 is 5.03. The van der Waals surface area contributed by atoms with E-state index in [1.807, 2.05) is 47.5 Å². The number of nitrogens with zero attached hydrogens (tertiary/aromatic N) is 2. The molecular formula is C21H18BrN3OS. The van der Waals surface area contributed by atoms with Gasteiger partial charge < -0.3 is 5.73 Å². The zero-order valence-corrected chi connectivity index (χ0v) is 17.2. The number of ketones is 1. The quantitative estimate of drug-likeness (QED) is 0.704. The molecule has 1 aromatic heterocycles. The fourth-order valence-corrected chi connectivity index (χ4v) is 5.47. The van der Waals surface area contributed by atoms with Crippen molar-refractivity contribution in [1.29, 1.82) is 5.26 Å². The Labute approximate surface area is 170 Å². The molecule has 27 heavy (non-hydrogen) atoms. The first kappa shape index (κ1) is 18.0. The number of hydrogen-bond acceptors (Lipinski definition) is 5. The van der Waals surface area contributed by atoms with Crippen molar-refractivity contribution in [3.8, 4) is 6.07 Å². The number of nitrogens with two attached hydrogens (primary N) is 1. The van der Waals surface area contributed by atoms with Crippen molar-refractivity contribution >= 4 is 38.7 Å². The number of hydrogen-bond donors (Lipinski definition) is 1. The molecule has 1 atom stereocenters. The minimum Gasteiger partial charge on any atom is -0.384 e. The molecule has 1 aliphatic carbocycles. The SMILES string of the molecule is Cc1cccc(N2C(N)=C(C#N)C(c3cc(Br)cs3)C3=C2CCCC3=O)c1. The van der Waals surface area contributed by atoms with E-state index in [4.69, 9.17) is 5.73 Å². The van der Waals surface area contributed by atoms with Crippen LogP contribution in [0.2, 0.25) is 0 Å². The number of aryl methyl sites for hydroxylation is 1. The van der Waals surface area contributed by atoms with Crippen LogP contribution in [0.3, 0.4) is 0 Å². The number of halogens is 1. The number of Topliss-reactive ketones (excluding diaryl/α,β-unsaturated/α-hetero) is 1. The molecule has 2 aliphatic rings. The van der Waals surface area contributed by atoms with Crippen molar-refractivity contribution in [3.63, 3.8) is 0 Å². The Hall–Kier alpha value is -2.36. The van der Waals surface area contributed by atoms with Gasteiger partial charge in [-0.2, -0.15) is 5.26 Å². The highest BCUT2D eigenvalue weighted by atomic mass is 79.9. The maximum atomic E-state index is 13.0. The van der Waals surface area contributed by atoms with E-state index >= 15 is 0 Å². The second-order valence-electron chi connectivity index (χ2n) is 6.82. The Morgan fingerprint density at radius 2 is 2.15 bits per heavy atom. The van der Waals surface area contributed by atoms with Crippen molar-refractivity contribution in [3.05, 3.63) is 73.3 Å². The van der Waals surface area contributed by atoms with Crippen LogP contribution in [0.5, 0.6) is 0 Å². The molecule has 0 radical (unpaired) electrons. The Bertz CT molecular complexity index is 1040. The summed E-state index contributed by atoms with van der Waals surface area (Å²) in [4.78, 5) is 15.8. The summed E-state index contributed by atoms with van der Waals surface area (Å²) in [5, 5.41) is 11.9. The molecule has 4 nitrogen and oxygen atoms in total. The summed E-state index contributed by atoms with van der Waals surface area (Å²) in [5.74, 6) is 0.157. The molecule has 2 aromatic rings. The molecule has 1 unspecified atom stereocenters. The normalized spacial score (nSPS) is 20.0. The lowest BCUT2D eigenvalue weighted by Gasteiger charge is -2.39. The number of rotatable bonds is 2. The van der Waals surface area contributed by atoms with Gasteiger partial charge in [0.25, 0.3) is 0 Å². The van der Waals surface area contributed by atoms with E-state index in [1.54, 1.807) is 11.3 Å². The van der Waals surface area contributed by atoms with E-state index in [9.17, 15) is 10.1 Å². The predicted octanol–water partition coefficient (Wildman–Crippen LogP) is 5.12. The maximum Gasteiger partial charge on any atom is 0.161 e. The third-order valence-electron chi connectivity index (χ3n) is 5.05. The van der Waals surface area contributed by atoms with E-state index < -0.39 is 0 Å². The highest BCUT2D eigenvalue weighted by Gasteiger charge is 2.40. The van der Waals surface area contributed by atoms with Crippen LogP contribution in [0.25, 0.3) is 0 Å². The van der Waals surface area contributed by atoms with Gasteiger partial charge in [-0.05, 0) is 59.5 Å². The number of anilines is 1. The molecule has 0 amide bonds. The Morgan fingerprint density at radius 1 is 1.33 bits per heavy atom. The zero-order valence-electron chi connectivity index (χ0n) is 14.8. The van der Waals surface area contributed by atoms with Crippen LogP contribution in [0.4, 0.5) is 5.69 Å². The van der Waals surface area contributed by atoms with E-state index in [-0.39, 0.29) is 11.7 Å². The van der Waals surface area contributed by atoms with Gasteiger partial charge in [0, 0.05) is 38.1 Å². The molecule has 2 N–H and O–H groups in total. The maximum absolute atomic E-state index is 13.0. The smallest absolute Gasteiger partial charge is 0.161 e. The summed E-state index contributed by atoms with van der Waals surface area (Å²) in [6, 6.07) is 12.3. The number of nitriles is 1. The van der Waals surface area contributed by atoms with Crippen molar-refractivity contribution in [2.24, 2.45) is 5.73 Å². The van der Waals surface area contributed by atoms with Gasteiger partial charge in [0.15, 0.2) is 5.78 Å². The van der Waals surface area contributed by atoms with Gasteiger partial charge in [0.2, 0.25) is 0 Å². The molecule has 2 heterocycles. The Morgan fingerprint density at radius 3 is 2.81 bits per heavy atom. The van der Waals surface area contributed by atoms with Gasteiger partial charge in [0.1, 0.15) is 5.82 Å². The topological polar surface area (TPSA) is 70.1 Å². The predicted molar refractivity (Wildman–Crippen MR) is 111 cm³/mol. The van der Waals surface area contributed by atoms with Crippen molar-refractivity contribution < 1.29 is 4.79 Å². The molecule has 0 bridgehead atoms. The third-order valence-corrected chi connectivity index (χ3v) is 6.80. The summed E-state index contributed by atoms with van der Waals surface area (Å²) in [6.45, 7) is 2.02. The van der Waals surface area contributed by atoms with E-state index in [0.717, 1.165) is 44.7 Å². The first-order valence-electron chi connectivity index (χ1n) is 8.78. The van der Waals surface area contributed by atoms with Crippen molar-refractivity contribution in [1.82, 2.24) is 0 Å². The molecule has 0 spiro atoms. The van der Waals surface area contributed by atoms with Crippen LogP contribution in [0.15, 0.2) is 62.8 Å². The van der Waals surface area contributed by atoms with Gasteiger partial charge in [-0.25, -0.2) is 0 Å². The molecule has 1 aromatic carbocycles. The molecule has 6 heteroatoms. The molecule has 4 rings (SSSR count). The molecular weight excluding hydrogens is 422 g/mol. The fraction of sp³-hybridized carbons (Fsp3) is 0.238. The first-order valence-corrected chi connectivity index (χ1v) is 10.4. The van der Waals surface area contributed by atoms with Gasteiger partial charge in [-0.3, -0.25) is 9.69 Å². The van der Waals surface area contributed by atoms with Crippen LogP contribution in [-0.2, 0) is 4.79 Å². The lowest BCUT2D eigenvalue weighted by molar-refractivity contribution is -0.116. The second-order valence-corrected chi connectivity index (χ2v) is 8.68. The van der Waals surface area contributed by atoms with E-state index in [1.165, 1.54) is 0 Å². The lowest BCUT2D eigenvalue weighted by Crippen LogP contribution is -2.38. The van der Waals surface area contributed by atoms with Crippen LogP contribution in [0.1, 0.15) is 35.6 Å². The van der Waals surface area contributed by atoms with Gasteiger partial charge in [-0.15, -0.1) is 11.3 Å². The fourth-order valence-electron chi connectivity index (χ4n) is 3.91. The number of benzene rings is 1. The standard InChI is InChI=1S/C21H18BrN3OS/c1-12-4-2-5-14(8-12)25-16-6-3-7-17(26)20(16)19(15(10-23)21(25)24)18-9-13(22)11-27-18/h2,4-5,8-9,11,19H,3,6-7,24H2,1H3. The first-order chi connectivity index (χ1) is 13.0. The lowest BCUT2D eigenvalue weighted by atomic mass is 9.78. The van der Waals surface area contributed by atoms with Crippen LogP contribution in [-0.4, -0.2) is 5.78 Å². The summed E-state index contributed by atoms with van der Waals surface area (Å²) in [5.41, 5.74) is 10.6. The number of allylic oxidation sites excluding steroid dienone is 3. The zero-order chi connectivity index (χ0) is 19.1. The highest BCUT2D eigenvalue weighted by Crippen LogP contribution is 2.47. The van der Waals surface area contributed by atoms with Gasteiger partial charge in [0.05, 0.1) is 17.6 Å². The van der Waals surface area contributed by atoms with E-state index in [2.05, 4.69) is 22.0 Å². The minimum absolute atomic E-state index is 0.115. The summed E-state index contributed by atoms with van der Waals surface area (Å²) in [6.07, 6.45) is 2.09. The van der Waals surface area contributed by atoms with Crippen molar-refractivity contribution in [2.45, 2.75) is 32.1 Å². The molecule has 136 valence electrons. The number of carbonyl (C=O) groups excluding carboxylic acids is 1. The Kier molecular flexibility index (Phi) is 4.67. The van der Waals surface area contributed by atoms with Crippen LogP contribution >= 0.6 is 27.3 Å². The number of thiophene rings is 1.